The lowest BCUT2D eigenvalue weighted by atomic mass is 10.0. The van der Waals surface area contributed by atoms with Gasteiger partial charge in [0.1, 0.15) is 18.1 Å². The lowest BCUT2D eigenvalue weighted by Crippen LogP contribution is -2.44. The number of benzene rings is 4. The third-order valence-electron chi connectivity index (χ3n) is 6.37. The van der Waals surface area contributed by atoms with E-state index in [2.05, 4.69) is 13.8 Å². The molecule has 3 unspecified atom stereocenters. The second-order valence-electron chi connectivity index (χ2n) is 10.1. The third-order valence-corrected chi connectivity index (χ3v) is 6.37. The summed E-state index contributed by atoms with van der Waals surface area (Å²) in [5.74, 6) is -0.0180. The Morgan fingerprint density at radius 1 is 0.698 bits per heavy atom. The quantitative estimate of drug-likeness (QED) is 0.141. The Balaban J connectivity index is 0.00000135. The van der Waals surface area contributed by atoms with Crippen molar-refractivity contribution in [1.82, 2.24) is 0 Å². The summed E-state index contributed by atoms with van der Waals surface area (Å²) in [4.78, 5) is 25.3. The Hall–Kier alpha value is -4.46. The first-order valence-electron chi connectivity index (χ1n) is 14.6. The molecule has 0 aromatic heterocycles. The van der Waals surface area contributed by atoms with Crippen molar-refractivity contribution in [2.45, 2.75) is 64.8 Å². The Labute approximate surface area is 253 Å². The Morgan fingerprint density at radius 2 is 1.23 bits per heavy atom. The summed E-state index contributed by atoms with van der Waals surface area (Å²) in [7, 11) is 0. The number of hydrogen-bond acceptors (Lipinski definition) is 7. The molecule has 4 aromatic rings. The van der Waals surface area contributed by atoms with E-state index in [1.165, 1.54) is 6.42 Å². The Bertz CT molecular complexity index is 1380. The molecule has 1 fully saturated rings. The zero-order valence-corrected chi connectivity index (χ0v) is 24.6. The van der Waals surface area contributed by atoms with Crippen LogP contribution in [0.25, 0.3) is 0 Å². The fraction of sp³-hybridized carbons (Fsp3) is 0.278. The van der Waals surface area contributed by atoms with Gasteiger partial charge in [0, 0.05) is 12.8 Å². The van der Waals surface area contributed by atoms with Gasteiger partial charge in [0.05, 0.1) is 18.3 Å². The van der Waals surface area contributed by atoms with E-state index in [-0.39, 0.29) is 12.7 Å². The number of esters is 2. The first-order valence-corrected chi connectivity index (χ1v) is 14.6. The predicted molar refractivity (Wildman–Crippen MR) is 164 cm³/mol. The summed E-state index contributed by atoms with van der Waals surface area (Å²) < 4.78 is 29.2. The fourth-order valence-electron chi connectivity index (χ4n) is 4.30. The van der Waals surface area contributed by atoms with E-state index in [1.807, 2.05) is 66.7 Å². The summed E-state index contributed by atoms with van der Waals surface area (Å²) >= 11 is 0. The van der Waals surface area contributed by atoms with E-state index >= 15 is 0 Å². The first kappa shape index (κ1) is 31.5. The molecule has 1 heterocycles. The van der Waals surface area contributed by atoms with Crippen LogP contribution in [0.4, 0.5) is 0 Å². The number of hydrogen-bond donors (Lipinski definition) is 0. The van der Waals surface area contributed by atoms with Gasteiger partial charge in [-0.05, 0) is 47.5 Å². The van der Waals surface area contributed by atoms with E-state index in [0.29, 0.717) is 36.5 Å². The maximum atomic E-state index is 12.9. The van der Waals surface area contributed by atoms with Gasteiger partial charge in [0.2, 0.25) is 6.29 Å². The molecule has 0 N–H and O–H groups in total. The van der Waals surface area contributed by atoms with Crippen molar-refractivity contribution < 1.29 is 33.3 Å². The van der Waals surface area contributed by atoms with Crippen LogP contribution < -0.4 is 9.47 Å². The van der Waals surface area contributed by atoms with Crippen molar-refractivity contribution in [1.29, 1.82) is 0 Å². The molecule has 0 amide bonds. The van der Waals surface area contributed by atoms with Crippen molar-refractivity contribution in [2.75, 3.05) is 0 Å². The van der Waals surface area contributed by atoms with E-state index in [1.54, 1.807) is 48.5 Å². The molecule has 4 aromatic carbocycles. The number of ether oxygens (including phenoxy) is 5. The van der Waals surface area contributed by atoms with Crippen molar-refractivity contribution >= 4 is 11.9 Å². The van der Waals surface area contributed by atoms with Crippen LogP contribution in [0.3, 0.4) is 0 Å². The van der Waals surface area contributed by atoms with E-state index < -0.39 is 24.3 Å². The van der Waals surface area contributed by atoms with Gasteiger partial charge in [-0.25, -0.2) is 9.59 Å². The second-order valence-corrected chi connectivity index (χ2v) is 10.1. The first-order chi connectivity index (χ1) is 21.0. The zero-order chi connectivity index (χ0) is 30.3. The minimum atomic E-state index is -0.839. The fourth-order valence-corrected chi connectivity index (χ4v) is 4.30. The highest BCUT2D eigenvalue weighted by molar-refractivity contribution is 5.90. The van der Waals surface area contributed by atoms with E-state index in [4.69, 9.17) is 23.7 Å². The molecule has 1 aliphatic heterocycles. The summed E-state index contributed by atoms with van der Waals surface area (Å²) in [5, 5.41) is 0. The summed E-state index contributed by atoms with van der Waals surface area (Å²) in [6.07, 6.45) is 0.185. The highest BCUT2D eigenvalue weighted by atomic mass is 16.7. The van der Waals surface area contributed by atoms with Crippen LogP contribution in [0.5, 0.6) is 11.5 Å². The molecule has 3 atom stereocenters. The summed E-state index contributed by atoms with van der Waals surface area (Å²) in [5.41, 5.74) is 2.39. The minimum Gasteiger partial charge on any atom is -0.465 e. The van der Waals surface area contributed by atoms with Gasteiger partial charge in [0.25, 0.3) is 0 Å². The van der Waals surface area contributed by atoms with Crippen LogP contribution in [0.15, 0.2) is 115 Å². The molecule has 1 aliphatic rings. The molecule has 0 radical (unpaired) electrons. The van der Waals surface area contributed by atoms with Crippen molar-refractivity contribution in [3.63, 3.8) is 0 Å². The molecule has 7 heteroatoms. The van der Waals surface area contributed by atoms with Gasteiger partial charge < -0.3 is 23.7 Å². The van der Waals surface area contributed by atoms with Gasteiger partial charge in [0.15, 0.2) is 6.10 Å². The van der Waals surface area contributed by atoms with E-state index in [9.17, 15) is 9.59 Å². The Kier molecular flexibility index (Phi) is 12.3. The van der Waals surface area contributed by atoms with Crippen molar-refractivity contribution in [3.8, 4) is 11.5 Å². The monoisotopic (exact) mass is 582 g/mol. The topological polar surface area (TPSA) is 80.3 Å². The van der Waals surface area contributed by atoms with Gasteiger partial charge in [-0.3, -0.25) is 0 Å². The smallest absolute Gasteiger partial charge is 0.343 e. The van der Waals surface area contributed by atoms with Gasteiger partial charge >= 0.3 is 11.9 Å². The van der Waals surface area contributed by atoms with Crippen LogP contribution >= 0.6 is 0 Å². The molecule has 0 saturated carbocycles. The van der Waals surface area contributed by atoms with Gasteiger partial charge in [-0.15, -0.1) is 0 Å². The predicted octanol–water partition coefficient (Wildman–Crippen LogP) is 7.53. The summed E-state index contributed by atoms with van der Waals surface area (Å²) in [6, 6.07) is 34.8. The standard InChI is InChI=1S/C33H30O7.C3H8/c34-32(26-14-8-3-9-15-26)39-28-18-16-27(17-19-28)38-31-21-29(36-22-24-10-4-1-5-11-24)20-30(40-31)33(35)37-23-25-12-6-2-7-13-25;1-3-2/h1-19,29-31H,20-23H2;3H2,1-2H3. The lowest BCUT2D eigenvalue weighted by molar-refractivity contribution is -0.206. The maximum Gasteiger partial charge on any atom is 0.343 e. The average Bonchev–Trinajstić information content (AvgIpc) is 3.05. The largest absolute Gasteiger partial charge is 0.465 e. The second kappa shape index (κ2) is 16.9. The molecular formula is C36H38O7. The molecule has 43 heavy (non-hydrogen) atoms. The van der Waals surface area contributed by atoms with Crippen molar-refractivity contribution in [2.24, 2.45) is 0 Å². The highest BCUT2D eigenvalue weighted by Gasteiger charge is 2.36. The SMILES string of the molecule is CCC.O=C(Oc1ccc(OC2CC(OCc3ccccc3)CC(C(=O)OCc3ccccc3)O2)cc1)c1ccccc1. The normalized spacial score (nSPS) is 17.6. The van der Waals surface area contributed by atoms with Crippen LogP contribution in [-0.2, 0) is 32.2 Å². The average molecular weight is 583 g/mol. The van der Waals surface area contributed by atoms with Gasteiger partial charge in [-0.1, -0.05) is 99.1 Å². The van der Waals surface area contributed by atoms with E-state index in [0.717, 1.165) is 11.1 Å². The van der Waals surface area contributed by atoms with Gasteiger partial charge in [-0.2, -0.15) is 0 Å². The van der Waals surface area contributed by atoms with Crippen LogP contribution in [0, 0.1) is 0 Å². The number of rotatable bonds is 10. The Morgan fingerprint density at radius 3 is 1.84 bits per heavy atom. The highest BCUT2D eigenvalue weighted by Crippen LogP contribution is 2.28. The molecule has 224 valence electrons. The summed E-state index contributed by atoms with van der Waals surface area (Å²) in [6.45, 7) is 4.81. The maximum absolute atomic E-state index is 12.9. The third kappa shape index (κ3) is 10.4. The van der Waals surface area contributed by atoms with Crippen molar-refractivity contribution in [3.05, 3.63) is 132 Å². The van der Waals surface area contributed by atoms with Crippen LogP contribution in [0.1, 0.15) is 54.6 Å². The number of carbonyl (C=O) groups excluding carboxylic acids is 2. The molecule has 0 bridgehead atoms. The van der Waals surface area contributed by atoms with Crippen LogP contribution in [-0.4, -0.2) is 30.4 Å². The molecule has 5 rings (SSSR count). The number of carbonyl (C=O) groups is 2. The van der Waals surface area contributed by atoms with Crippen LogP contribution in [0.2, 0.25) is 0 Å². The molecular weight excluding hydrogens is 544 g/mol. The molecule has 7 nitrogen and oxygen atoms in total. The minimum absolute atomic E-state index is 0.157. The zero-order valence-electron chi connectivity index (χ0n) is 24.6. The lowest BCUT2D eigenvalue weighted by Gasteiger charge is -2.34. The molecule has 0 aliphatic carbocycles. The molecule has 1 saturated heterocycles. The molecule has 0 spiro atoms.